The van der Waals surface area contributed by atoms with Crippen LogP contribution in [0, 0.1) is 6.92 Å². The molecule has 2 aromatic carbocycles. The number of aliphatic hydroxyl groups is 1. The van der Waals surface area contributed by atoms with E-state index in [0.717, 1.165) is 18.6 Å². The van der Waals surface area contributed by atoms with Crippen LogP contribution in [-0.2, 0) is 11.3 Å². The fourth-order valence-corrected chi connectivity index (χ4v) is 3.28. The fourth-order valence-electron chi connectivity index (χ4n) is 3.28. The number of rotatable bonds is 7. The molecule has 1 aliphatic carbocycles. The Kier molecular flexibility index (Phi) is 5.91. The largest absolute Gasteiger partial charge is 0.393 e. The Balaban J connectivity index is 1.61. The molecule has 0 fully saturated rings. The van der Waals surface area contributed by atoms with E-state index in [1.165, 1.54) is 27.5 Å². The molecule has 0 spiro atoms. The number of hydrogen-bond acceptors (Lipinski definition) is 5. The third-order valence-corrected chi connectivity index (χ3v) is 5.07. The molecule has 0 radical (unpaired) electrons. The van der Waals surface area contributed by atoms with Gasteiger partial charge in [0, 0.05) is 12.1 Å². The Morgan fingerprint density at radius 3 is 2.81 bits per heavy atom. The molecule has 5 nitrogen and oxygen atoms in total. The van der Waals surface area contributed by atoms with E-state index >= 15 is 0 Å². The molecule has 0 aliphatic heterocycles. The molecule has 2 unspecified atom stereocenters. The summed E-state index contributed by atoms with van der Waals surface area (Å²) in [6.07, 6.45) is 1.49. The van der Waals surface area contributed by atoms with Crippen molar-refractivity contribution < 1.29 is 9.94 Å². The third kappa shape index (κ3) is 4.23. The summed E-state index contributed by atoms with van der Waals surface area (Å²) >= 11 is 0. The van der Waals surface area contributed by atoms with Crippen molar-refractivity contribution in [1.82, 2.24) is 10.2 Å². The van der Waals surface area contributed by atoms with Crippen molar-refractivity contribution in [2.24, 2.45) is 5.16 Å². The monoisotopic (exact) mass is 355 g/mol. The van der Waals surface area contributed by atoms with Crippen molar-refractivity contribution in [3.8, 4) is 0 Å². The molecule has 0 saturated carbocycles. The maximum Gasteiger partial charge on any atom is 0.144 e. The Labute approximate surface area is 155 Å². The number of benzene rings is 2. The molecule has 140 valence electrons. The van der Waals surface area contributed by atoms with Crippen LogP contribution in [0.3, 0.4) is 0 Å². The predicted molar refractivity (Wildman–Crippen MR) is 107 cm³/mol. The third-order valence-electron chi connectivity index (χ3n) is 5.07. The summed E-state index contributed by atoms with van der Waals surface area (Å²) in [6.45, 7) is 4.84. The van der Waals surface area contributed by atoms with Crippen molar-refractivity contribution in [3.05, 3.63) is 47.0 Å². The molecule has 2 N–H and O–H groups in total. The topological polar surface area (TPSA) is 57.1 Å². The Bertz CT molecular complexity index is 801. The van der Waals surface area contributed by atoms with Crippen molar-refractivity contribution >= 4 is 16.5 Å². The summed E-state index contributed by atoms with van der Waals surface area (Å²) in [5.41, 5.74) is 4.78. The quantitative estimate of drug-likeness (QED) is 0.592. The van der Waals surface area contributed by atoms with Crippen LogP contribution in [0.15, 0.2) is 35.5 Å². The van der Waals surface area contributed by atoms with Gasteiger partial charge >= 0.3 is 0 Å². The molecule has 0 aromatic heterocycles. The fraction of sp³-hybridized carbons (Fsp3) is 0.476. The lowest BCUT2D eigenvalue weighted by atomic mass is 9.99. The predicted octanol–water partition coefficient (Wildman–Crippen LogP) is 2.67. The van der Waals surface area contributed by atoms with E-state index in [2.05, 4.69) is 59.6 Å². The lowest BCUT2D eigenvalue weighted by Crippen LogP contribution is -2.43. The highest BCUT2D eigenvalue weighted by Crippen LogP contribution is 2.30. The number of hydrogen-bond donors (Lipinski definition) is 2. The van der Waals surface area contributed by atoms with Gasteiger partial charge in [0.25, 0.3) is 0 Å². The summed E-state index contributed by atoms with van der Waals surface area (Å²) in [7, 11) is 3.99. The average Bonchev–Trinajstić information content (AvgIpc) is 3.02. The van der Waals surface area contributed by atoms with Crippen LogP contribution in [-0.4, -0.2) is 55.2 Å². The summed E-state index contributed by atoms with van der Waals surface area (Å²) in [5, 5.41) is 20.2. The lowest BCUT2D eigenvalue weighted by molar-refractivity contribution is 0.0360. The number of fused-ring (bicyclic) bond motifs is 3. The van der Waals surface area contributed by atoms with Gasteiger partial charge in [-0.3, -0.25) is 10.2 Å². The van der Waals surface area contributed by atoms with E-state index in [1.54, 1.807) is 0 Å². The van der Waals surface area contributed by atoms with E-state index in [-0.39, 0.29) is 12.8 Å². The molecule has 26 heavy (non-hydrogen) atoms. The average molecular weight is 355 g/mol. The first-order valence-corrected chi connectivity index (χ1v) is 9.25. The highest BCUT2D eigenvalue weighted by molar-refractivity contribution is 6.08. The zero-order chi connectivity index (χ0) is 18.7. The van der Waals surface area contributed by atoms with Crippen LogP contribution in [0.25, 0.3) is 10.8 Å². The summed E-state index contributed by atoms with van der Waals surface area (Å²) in [6, 6.07) is 10.9. The summed E-state index contributed by atoms with van der Waals surface area (Å²) in [4.78, 5) is 7.50. The van der Waals surface area contributed by atoms with Gasteiger partial charge in [-0.25, -0.2) is 0 Å². The van der Waals surface area contributed by atoms with Crippen molar-refractivity contribution in [2.75, 3.05) is 27.2 Å². The Morgan fingerprint density at radius 1 is 1.23 bits per heavy atom. The molecular weight excluding hydrogens is 326 g/mol. The van der Waals surface area contributed by atoms with Crippen LogP contribution < -0.4 is 5.32 Å². The zero-order valence-corrected chi connectivity index (χ0v) is 16.1. The highest BCUT2D eigenvalue weighted by Gasteiger charge is 2.20. The standard InChI is InChI=1S/C21H29N3O2/c1-14-5-7-18-16(11-14)6-8-20-19(18)9-10-21(20)23-26-13-17(25)12-22-15(2)24(3)4/h5-8,11,15,17,22,25H,9-10,12-13H2,1-4H3/b23-21+. The highest BCUT2D eigenvalue weighted by atomic mass is 16.6. The number of oxime groups is 1. The molecule has 2 atom stereocenters. The molecule has 3 rings (SSSR count). The van der Waals surface area contributed by atoms with Gasteiger partial charge in [0.05, 0.1) is 11.9 Å². The summed E-state index contributed by atoms with van der Waals surface area (Å²) in [5.74, 6) is 0. The van der Waals surface area contributed by atoms with Gasteiger partial charge in [0.15, 0.2) is 0 Å². The van der Waals surface area contributed by atoms with Gasteiger partial charge in [0.1, 0.15) is 12.7 Å². The van der Waals surface area contributed by atoms with Crippen molar-refractivity contribution in [3.63, 3.8) is 0 Å². The number of aliphatic hydroxyl groups excluding tert-OH is 1. The molecule has 2 aromatic rings. The van der Waals surface area contributed by atoms with Gasteiger partial charge in [-0.15, -0.1) is 0 Å². The molecular formula is C21H29N3O2. The molecule has 0 bridgehead atoms. The first-order valence-electron chi connectivity index (χ1n) is 9.25. The minimum atomic E-state index is -0.581. The van der Waals surface area contributed by atoms with Gasteiger partial charge < -0.3 is 9.94 Å². The van der Waals surface area contributed by atoms with E-state index in [1.807, 2.05) is 14.1 Å². The van der Waals surface area contributed by atoms with Crippen LogP contribution >= 0.6 is 0 Å². The second-order valence-corrected chi connectivity index (χ2v) is 7.35. The van der Waals surface area contributed by atoms with E-state index in [0.29, 0.717) is 6.54 Å². The normalized spacial score (nSPS) is 17.7. The Hall–Kier alpha value is -1.95. The zero-order valence-electron chi connectivity index (χ0n) is 16.1. The van der Waals surface area contributed by atoms with Crippen molar-refractivity contribution in [1.29, 1.82) is 0 Å². The minimum absolute atomic E-state index is 0.193. The van der Waals surface area contributed by atoms with Crippen LogP contribution in [0.2, 0.25) is 0 Å². The molecule has 0 saturated heterocycles. The van der Waals surface area contributed by atoms with Crippen LogP contribution in [0.5, 0.6) is 0 Å². The second-order valence-electron chi connectivity index (χ2n) is 7.35. The minimum Gasteiger partial charge on any atom is -0.393 e. The number of aryl methyl sites for hydroxylation is 2. The van der Waals surface area contributed by atoms with Crippen LogP contribution in [0.1, 0.15) is 30.0 Å². The smallest absolute Gasteiger partial charge is 0.144 e. The Morgan fingerprint density at radius 2 is 2.04 bits per heavy atom. The molecule has 5 heteroatoms. The molecule has 0 amide bonds. The summed E-state index contributed by atoms with van der Waals surface area (Å²) < 4.78 is 0. The number of nitrogens with zero attached hydrogens (tertiary/aromatic N) is 2. The van der Waals surface area contributed by atoms with Crippen molar-refractivity contribution in [2.45, 2.75) is 39.0 Å². The van der Waals surface area contributed by atoms with Gasteiger partial charge in [0.2, 0.25) is 0 Å². The van der Waals surface area contributed by atoms with Gasteiger partial charge in [-0.2, -0.15) is 0 Å². The first-order chi connectivity index (χ1) is 12.5. The second kappa shape index (κ2) is 8.16. The van der Waals surface area contributed by atoms with E-state index in [4.69, 9.17) is 4.84 Å². The maximum atomic E-state index is 10.0. The lowest BCUT2D eigenvalue weighted by Gasteiger charge is -2.22. The first kappa shape index (κ1) is 18.8. The molecule has 1 aliphatic rings. The van der Waals surface area contributed by atoms with Gasteiger partial charge in [-0.05, 0) is 57.1 Å². The SMILES string of the molecule is Cc1ccc2c3c(ccc2c1)/C(=N/OCC(O)CNC(C)N(C)C)CC3. The van der Waals surface area contributed by atoms with E-state index < -0.39 is 6.10 Å². The number of nitrogens with one attached hydrogen (secondary N) is 1. The maximum absolute atomic E-state index is 10.0. The molecule has 0 heterocycles. The van der Waals surface area contributed by atoms with E-state index in [9.17, 15) is 5.11 Å². The van der Waals surface area contributed by atoms with Crippen LogP contribution in [0.4, 0.5) is 0 Å². The van der Waals surface area contributed by atoms with Gasteiger partial charge in [-0.1, -0.05) is 41.1 Å².